The molecule has 1 fully saturated rings. The first-order valence-electron chi connectivity index (χ1n) is 5.33. The summed E-state index contributed by atoms with van der Waals surface area (Å²) in [7, 11) is 0. The maximum Gasteiger partial charge on any atom is 0.248 e. The molecule has 2 N–H and O–H groups in total. The number of piperidine rings is 1. The lowest BCUT2D eigenvalue weighted by molar-refractivity contribution is -0.131. The summed E-state index contributed by atoms with van der Waals surface area (Å²) in [6.45, 7) is 0.605. The number of nitrogens with zero attached hydrogens (tertiary/aromatic N) is 1. The van der Waals surface area contributed by atoms with E-state index in [4.69, 9.17) is 11.6 Å². The number of rotatable bonds is 3. The fraction of sp³-hybridized carbons (Fsp3) is 0.455. The zero-order valence-corrected chi connectivity index (χ0v) is 10.7. The molecule has 2 atom stereocenters. The molecule has 1 aliphatic heterocycles. The molecule has 2 heterocycles. The Morgan fingerprint density at radius 1 is 1.59 bits per heavy atom. The van der Waals surface area contributed by atoms with Crippen LogP contribution < -0.4 is 5.32 Å². The van der Waals surface area contributed by atoms with Gasteiger partial charge in [0, 0.05) is 23.7 Å². The average Bonchev–Trinajstić information content (AvgIpc) is 2.33. The van der Waals surface area contributed by atoms with E-state index in [0.29, 0.717) is 18.0 Å². The first-order valence-corrected chi connectivity index (χ1v) is 6.75. The lowest BCUT2D eigenvalue weighted by atomic mass is 10.1. The fourth-order valence-corrected chi connectivity index (χ4v) is 2.80. The van der Waals surface area contributed by atoms with Crippen LogP contribution in [-0.2, 0) is 10.5 Å². The molecule has 1 amide bonds. The summed E-state index contributed by atoms with van der Waals surface area (Å²) in [6.07, 6.45) is 1.25. The number of aliphatic hydroxyl groups is 1. The molecule has 17 heavy (non-hydrogen) atoms. The Morgan fingerprint density at radius 2 is 2.41 bits per heavy atom. The number of pyridine rings is 1. The van der Waals surface area contributed by atoms with Crippen LogP contribution in [-0.4, -0.2) is 33.9 Å². The van der Waals surface area contributed by atoms with Crippen LogP contribution in [0.2, 0.25) is 5.02 Å². The van der Waals surface area contributed by atoms with Gasteiger partial charge < -0.3 is 10.4 Å². The molecule has 1 aliphatic rings. The minimum Gasteiger partial charge on any atom is -0.383 e. The number of aromatic nitrogens is 1. The van der Waals surface area contributed by atoms with Gasteiger partial charge in [0.15, 0.2) is 0 Å². The summed E-state index contributed by atoms with van der Waals surface area (Å²) in [6, 6.07) is 3.69. The molecule has 4 nitrogen and oxygen atoms in total. The van der Waals surface area contributed by atoms with Crippen molar-refractivity contribution in [3.63, 3.8) is 0 Å². The van der Waals surface area contributed by atoms with Crippen molar-refractivity contribution in [2.75, 3.05) is 6.54 Å². The molecule has 2 unspecified atom stereocenters. The number of carbonyl (C=O) groups excluding carboxylic acids is 1. The highest BCUT2D eigenvalue weighted by Gasteiger charge is 2.26. The minimum atomic E-state index is -0.876. The highest BCUT2D eigenvalue weighted by atomic mass is 35.5. The zero-order chi connectivity index (χ0) is 12.3. The fourth-order valence-electron chi connectivity index (χ4n) is 1.59. The van der Waals surface area contributed by atoms with Gasteiger partial charge in [0.05, 0.1) is 10.7 Å². The van der Waals surface area contributed by atoms with Crippen molar-refractivity contribution in [2.24, 2.45) is 0 Å². The second-order valence-corrected chi connectivity index (χ2v) is 5.62. The van der Waals surface area contributed by atoms with Crippen LogP contribution in [0.3, 0.4) is 0 Å². The third-order valence-corrected chi connectivity index (χ3v) is 4.06. The Balaban J connectivity index is 1.82. The molecular formula is C11H13ClN2O2S. The van der Waals surface area contributed by atoms with Crippen molar-refractivity contribution in [3.8, 4) is 0 Å². The molecule has 0 saturated carbocycles. The van der Waals surface area contributed by atoms with Crippen molar-refractivity contribution in [1.29, 1.82) is 0 Å². The summed E-state index contributed by atoms with van der Waals surface area (Å²) in [5.41, 5.74) is 0.950. The van der Waals surface area contributed by atoms with Crippen molar-refractivity contribution in [2.45, 2.75) is 23.5 Å². The van der Waals surface area contributed by atoms with Crippen LogP contribution in [0.4, 0.5) is 0 Å². The summed E-state index contributed by atoms with van der Waals surface area (Å²) in [5.74, 6) is 0.483. The molecule has 0 spiro atoms. The Kier molecular flexibility index (Phi) is 4.25. The Morgan fingerprint density at radius 3 is 3.06 bits per heavy atom. The summed E-state index contributed by atoms with van der Waals surface area (Å²) >= 11 is 7.43. The molecule has 1 aromatic rings. The Labute approximate surface area is 109 Å². The Bertz CT molecular complexity index is 399. The summed E-state index contributed by atoms with van der Waals surface area (Å²) < 4.78 is 0. The number of hydrogen-bond acceptors (Lipinski definition) is 4. The zero-order valence-electron chi connectivity index (χ0n) is 9.10. The Hall–Kier alpha value is -0.780. The molecule has 92 valence electrons. The molecule has 6 heteroatoms. The van der Waals surface area contributed by atoms with E-state index < -0.39 is 6.10 Å². The third kappa shape index (κ3) is 3.59. The van der Waals surface area contributed by atoms with Gasteiger partial charge in [-0.25, -0.2) is 0 Å². The van der Waals surface area contributed by atoms with Crippen LogP contribution >= 0.6 is 23.4 Å². The number of aliphatic hydroxyl groups excluding tert-OH is 1. The van der Waals surface area contributed by atoms with Gasteiger partial charge in [-0.15, -0.1) is 0 Å². The molecular weight excluding hydrogens is 260 g/mol. The number of carbonyl (C=O) groups is 1. The van der Waals surface area contributed by atoms with Gasteiger partial charge in [-0.1, -0.05) is 11.6 Å². The lowest BCUT2D eigenvalue weighted by Crippen LogP contribution is -2.46. The van der Waals surface area contributed by atoms with E-state index in [1.165, 1.54) is 0 Å². The largest absolute Gasteiger partial charge is 0.383 e. The number of thioether (sulfide) groups is 1. The monoisotopic (exact) mass is 272 g/mol. The van der Waals surface area contributed by atoms with Gasteiger partial charge in [0.1, 0.15) is 6.10 Å². The average molecular weight is 273 g/mol. The quantitative estimate of drug-likeness (QED) is 0.869. The molecule has 0 radical (unpaired) electrons. The second kappa shape index (κ2) is 5.71. The number of amides is 1. The van der Waals surface area contributed by atoms with Gasteiger partial charge in [0.2, 0.25) is 5.91 Å². The second-order valence-electron chi connectivity index (χ2n) is 3.90. The van der Waals surface area contributed by atoms with E-state index in [-0.39, 0.29) is 11.2 Å². The van der Waals surface area contributed by atoms with E-state index in [1.54, 1.807) is 18.0 Å². The van der Waals surface area contributed by atoms with E-state index in [2.05, 4.69) is 10.3 Å². The summed E-state index contributed by atoms with van der Waals surface area (Å²) in [5, 5.41) is 13.0. The molecule has 1 saturated heterocycles. The van der Waals surface area contributed by atoms with E-state index in [0.717, 1.165) is 11.4 Å². The smallest absolute Gasteiger partial charge is 0.248 e. The van der Waals surface area contributed by atoms with Gasteiger partial charge in [-0.2, -0.15) is 11.8 Å². The normalized spacial score (nSPS) is 24.5. The standard InChI is InChI=1S/C11H13ClN2O2S/c12-7-1-2-8(13-4-7)6-17-9-3-10(15)11(16)14-5-9/h1-2,4,9-10,15H,3,5-6H2,(H,14,16). The number of hydrogen-bond donors (Lipinski definition) is 2. The van der Waals surface area contributed by atoms with Crippen molar-refractivity contribution < 1.29 is 9.90 Å². The van der Waals surface area contributed by atoms with Crippen molar-refractivity contribution in [1.82, 2.24) is 10.3 Å². The highest BCUT2D eigenvalue weighted by Crippen LogP contribution is 2.23. The van der Waals surface area contributed by atoms with Gasteiger partial charge in [0.25, 0.3) is 0 Å². The SMILES string of the molecule is O=C1NCC(SCc2ccc(Cl)cn2)CC1O. The van der Waals surface area contributed by atoms with Crippen LogP contribution in [0, 0.1) is 0 Å². The minimum absolute atomic E-state index is 0.236. The van der Waals surface area contributed by atoms with Crippen molar-refractivity contribution in [3.05, 3.63) is 29.0 Å². The number of halogens is 1. The van der Waals surface area contributed by atoms with E-state index in [9.17, 15) is 9.90 Å². The number of nitrogens with one attached hydrogen (secondary N) is 1. The van der Waals surface area contributed by atoms with Crippen LogP contribution in [0.1, 0.15) is 12.1 Å². The molecule has 0 aromatic carbocycles. The first kappa shape index (κ1) is 12.7. The van der Waals surface area contributed by atoms with E-state index in [1.807, 2.05) is 12.1 Å². The molecule has 0 bridgehead atoms. The molecule has 2 rings (SSSR count). The van der Waals surface area contributed by atoms with Crippen molar-refractivity contribution >= 4 is 29.3 Å². The van der Waals surface area contributed by atoms with Gasteiger partial charge >= 0.3 is 0 Å². The van der Waals surface area contributed by atoms with Crippen LogP contribution in [0.5, 0.6) is 0 Å². The van der Waals surface area contributed by atoms with Crippen LogP contribution in [0.25, 0.3) is 0 Å². The molecule has 1 aromatic heterocycles. The van der Waals surface area contributed by atoms with Gasteiger partial charge in [-0.3, -0.25) is 9.78 Å². The maximum absolute atomic E-state index is 11.1. The predicted molar refractivity (Wildman–Crippen MR) is 68.0 cm³/mol. The predicted octanol–water partition coefficient (Wildman–Crippen LogP) is 1.22. The lowest BCUT2D eigenvalue weighted by Gasteiger charge is -2.25. The maximum atomic E-state index is 11.1. The highest BCUT2D eigenvalue weighted by molar-refractivity contribution is 7.99. The molecule has 0 aliphatic carbocycles. The first-order chi connectivity index (χ1) is 8.15. The third-order valence-electron chi connectivity index (χ3n) is 2.55. The van der Waals surface area contributed by atoms with E-state index >= 15 is 0 Å². The van der Waals surface area contributed by atoms with Gasteiger partial charge in [-0.05, 0) is 18.6 Å². The summed E-state index contributed by atoms with van der Waals surface area (Å²) in [4.78, 5) is 15.2. The topological polar surface area (TPSA) is 62.2 Å². The van der Waals surface area contributed by atoms with Crippen LogP contribution in [0.15, 0.2) is 18.3 Å².